The average molecular weight is 263 g/mol. The third-order valence-corrected chi connectivity index (χ3v) is 3.06. The summed E-state index contributed by atoms with van der Waals surface area (Å²) in [5.41, 5.74) is 1.42. The summed E-state index contributed by atoms with van der Waals surface area (Å²) in [7, 11) is 0. The average Bonchev–Trinajstić information content (AvgIpc) is 2.40. The lowest BCUT2D eigenvalue weighted by Gasteiger charge is -2.16. The van der Waals surface area contributed by atoms with Gasteiger partial charge in [-0.05, 0) is 19.1 Å². The second kappa shape index (κ2) is 5.89. The number of benzene rings is 2. The summed E-state index contributed by atoms with van der Waals surface area (Å²) < 4.78 is 5.52. The number of para-hydroxylation sites is 1. The molecule has 2 aromatic rings. The Morgan fingerprint density at radius 3 is 2.33 bits per heavy atom. The normalized spacial score (nSPS) is 12.2. The molecule has 0 bridgehead atoms. The van der Waals surface area contributed by atoms with Gasteiger partial charge >= 0.3 is 0 Å². The zero-order valence-electron chi connectivity index (χ0n) is 10.1. The van der Waals surface area contributed by atoms with Gasteiger partial charge in [0.2, 0.25) is 0 Å². The maximum atomic E-state index is 10.4. The number of hydrogen-bond acceptors (Lipinski definition) is 2. The lowest BCUT2D eigenvalue weighted by atomic mass is 10.0. The summed E-state index contributed by atoms with van der Waals surface area (Å²) in [4.78, 5) is 0. The molecule has 0 spiro atoms. The summed E-state index contributed by atoms with van der Waals surface area (Å²) in [5.74, 6) is 0.687. The summed E-state index contributed by atoms with van der Waals surface area (Å²) in [6.07, 6.45) is -0.776. The van der Waals surface area contributed by atoms with Crippen LogP contribution in [0, 0.1) is 0 Å². The standard InChI is InChI=1S/C15H15ClO2/c1-2-18-14-10-6-4-8-12(14)15(17)11-7-3-5-9-13(11)16/h3-10,15,17H,2H2,1H3. The van der Waals surface area contributed by atoms with Crippen LogP contribution in [0.25, 0.3) is 0 Å². The Balaban J connectivity index is 2.40. The van der Waals surface area contributed by atoms with E-state index in [-0.39, 0.29) is 0 Å². The van der Waals surface area contributed by atoms with Crippen LogP contribution in [0.4, 0.5) is 0 Å². The molecule has 18 heavy (non-hydrogen) atoms. The first kappa shape index (κ1) is 12.9. The number of rotatable bonds is 4. The van der Waals surface area contributed by atoms with E-state index in [9.17, 15) is 5.11 Å². The first-order valence-electron chi connectivity index (χ1n) is 5.88. The molecule has 3 heteroatoms. The maximum Gasteiger partial charge on any atom is 0.125 e. The maximum absolute atomic E-state index is 10.4. The fraction of sp³-hybridized carbons (Fsp3) is 0.200. The third-order valence-electron chi connectivity index (χ3n) is 2.71. The SMILES string of the molecule is CCOc1ccccc1C(O)c1ccccc1Cl. The summed E-state index contributed by atoms with van der Waals surface area (Å²) in [5, 5.41) is 11.0. The van der Waals surface area contributed by atoms with Crippen molar-refractivity contribution >= 4 is 11.6 Å². The van der Waals surface area contributed by atoms with E-state index < -0.39 is 6.10 Å². The fourth-order valence-electron chi connectivity index (χ4n) is 1.86. The highest BCUT2D eigenvalue weighted by Crippen LogP contribution is 2.33. The Bertz CT molecular complexity index is 525. The molecule has 94 valence electrons. The van der Waals surface area contributed by atoms with Crippen molar-refractivity contribution in [3.05, 3.63) is 64.7 Å². The smallest absolute Gasteiger partial charge is 0.125 e. The van der Waals surface area contributed by atoms with Crippen LogP contribution in [0.2, 0.25) is 5.02 Å². The van der Waals surface area contributed by atoms with Crippen LogP contribution in [-0.2, 0) is 0 Å². The number of ether oxygens (including phenoxy) is 1. The van der Waals surface area contributed by atoms with Crippen LogP contribution >= 0.6 is 11.6 Å². The van der Waals surface area contributed by atoms with Crippen LogP contribution in [0.1, 0.15) is 24.2 Å². The summed E-state index contributed by atoms with van der Waals surface area (Å²) >= 11 is 6.10. The lowest BCUT2D eigenvalue weighted by Crippen LogP contribution is -2.04. The van der Waals surface area contributed by atoms with Crippen molar-refractivity contribution in [2.45, 2.75) is 13.0 Å². The van der Waals surface area contributed by atoms with E-state index in [2.05, 4.69) is 0 Å². The number of aliphatic hydroxyl groups excluding tert-OH is 1. The topological polar surface area (TPSA) is 29.5 Å². The molecular weight excluding hydrogens is 248 g/mol. The Labute approximate surface area is 112 Å². The van der Waals surface area contributed by atoms with Gasteiger partial charge in [-0.2, -0.15) is 0 Å². The minimum Gasteiger partial charge on any atom is -0.493 e. The second-order valence-corrected chi connectivity index (χ2v) is 4.30. The van der Waals surface area contributed by atoms with Crippen LogP contribution in [0.15, 0.2) is 48.5 Å². The Kier molecular flexibility index (Phi) is 4.24. The first-order chi connectivity index (χ1) is 8.74. The van der Waals surface area contributed by atoms with Crippen molar-refractivity contribution in [3.8, 4) is 5.75 Å². The number of aliphatic hydroxyl groups is 1. The highest BCUT2D eigenvalue weighted by molar-refractivity contribution is 6.31. The van der Waals surface area contributed by atoms with Gasteiger partial charge in [-0.15, -0.1) is 0 Å². The number of hydrogen-bond donors (Lipinski definition) is 1. The molecule has 0 aliphatic carbocycles. The van der Waals surface area contributed by atoms with E-state index in [1.165, 1.54) is 0 Å². The monoisotopic (exact) mass is 262 g/mol. The zero-order chi connectivity index (χ0) is 13.0. The van der Waals surface area contributed by atoms with Gasteiger partial charge in [0.15, 0.2) is 0 Å². The first-order valence-corrected chi connectivity index (χ1v) is 6.26. The molecule has 0 heterocycles. The summed E-state index contributed by atoms with van der Waals surface area (Å²) in [6.45, 7) is 2.48. The van der Waals surface area contributed by atoms with Gasteiger partial charge in [0.05, 0.1) is 6.61 Å². The molecule has 0 radical (unpaired) electrons. The highest BCUT2D eigenvalue weighted by Gasteiger charge is 2.17. The summed E-state index contributed by atoms with van der Waals surface area (Å²) in [6, 6.07) is 14.7. The zero-order valence-corrected chi connectivity index (χ0v) is 10.9. The van der Waals surface area contributed by atoms with E-state index in [1.807, 2.05) is 49.4 Å². The van der Waals surface area contributed by atoms with E-state index in [0.29, 0.717) is 22.9 Å². The molecule has 2 aromatic carbocycles. The molecule has 0 saturated heterocycles. The van der Waals surface area contributed by atoms with Crippen LogP contribution in [0.5, 0.6) is 5.75 Å². The van der Waals surface area contributed by atoms with Crippen molar-refractivity contribution in [1.29, 1.82) is 0 Å². The van der Waals surface area contributed by atoms with Gasteiger partial charge in [0.1, 0.15) is 11.9 Å². The van der Waals surface area contributed by atoms with Gasteiger partial charge < -0.3 is 9.84 Å². The van der Waals surface area contributed by atoms with E-state index in [0.717, 1.165) is 5.56 Å². The molecule has 0 aliphatic heterocycles. The minimum atomic E-state index is -0.776. The van der Waals surface area contributed by atoms with Crippen molar-refractivity contribution in [2.75, 3.05) is 6.61 Å². The van der Waals surface area contributed by atoms with E-state index in [1.54, 1.807) is 6.07 Å². The molecule has 0 fully saturated rings. The van der Waals surface area contributed by atoms with Crippen LogP contribution < -0.4 is 4.74 Å². The Morgan fingerprint density at radius 2 is 1.67 bits per heavy atom. The highest BCUT2D eigenvalue weighted by atomic mass is 35.5. The van der Waals surface area contributed by atoms with Gasteiger partial charge in [-0.3, -0.25) is 0 Å². The molecule has 0 saturated carbocycles. The second-order valence-electron chi connectivity index (χ2n) is 3.89. The Hall–Kier alpha value is -1.51. The van der Waals surface area contributed by atoms with Crippen molar-refractivity contribution in [1.82, 2.24) is 0 Å². The third kappa shape index (κ3) is 2.66. The molecule has 0 amide bonds. The molecule has 1 N–H and O–H groups in total. The van der Waals surface area contributed by atoms with Gasteiger partial charge in [0, 0.05) is 16.1 Å². The van der Waals surface area contributed by atoms with Crippen molar-refractivity contribution in [3.63, 3.8) is 0 Å². The molecule has 0 aliphatic rings. The Morgan fingerprint density at radius 1 is 1.06 bits per heavy atom. The predicted molar refractivity (Wildman–Crippen MR) is 73.1 cm³/mol. The van der Waals surface area contributed by atoms with Crippen molar-refractivity contribution in [2.24, 2.45) is 0 Å². The lowest BCUT2D eigenvalue weighted by molar-refractivity contribution is 0.212. The molecule has 1 atom stereocenters. The van der Waals surface area contributed by atoms with E-state index >= 15 is 0 Å². The van der Waals surface area contributed by atoms with E-state index in [4.69, 9.17) is 16.3 Å². The molecule has 2 rings (SSSR count). The van der Waals surface area contributed by atoms with Crippen molar-refractivity contribution < 1.29 is 9.84 Å². The predicted octanol–water partition coefficient (Wildman–Crippen LogP) is 3.82. The van der Waals surface area contributed by atoms with Crippen LogP contribution in [-0.4, -0.2) is 11.7 Å². The quantitative estimate of drug-likeness (QED) is 0.908. The largest absolute Gasteiger partial charge is 0.493 e. The molecule has 2 nitrogen and oxygen atoms in total. The molecule has 1 unspecified atom stereocenters. The fourth-order valence-corrected chi connectivity index (χ4v) is 2.10. The van der Waals surface area contributed by atoms with Gasteiger partial charge in [-0.25, -0.2) is 0 Å². The van der Waals surface area contributed by atoms with Crippen LogP contribution in [0.3, 0.4) is 0 Å². The molecule has 0 aromatic heterocycles. The van der Waals surface area contributed by atoms with Gasteiger partial charge in [0.25, 0.3) is 0 Å². The minimum absolute atomic E-state index is 0.552. The molecular formula is C15H15ClO2. The van der Waals surface area contributed by atoms with Gasteiger partial charge in [-0.1, -0.05) is 48.0 Å². The number of halogens is 1.